The lowest BCUT2D eigenvalue weighted by Gasteiger charge is -2.14. The Morgan fingerprint density at radius 3 is 1.79 bits per heavy atom. The smallest absolute Gasteiger partial charge is 0.282 e. The zero-order valence-corrected chi connectivity index (χ0v) is 22.5. The molecule has 0 bridgehead atoms. The van der Waals surface area contributed by atoms with Crippen molar-refractivity contribution in [2.24, 2.45) is 0 Å². The molecule has 4 aromatic rings. The highest BCUT2D eigenvalue weighted by Gasteiger charge is 2.19. The van der Waals surface area contributed by atoms with Crippen LogP contribution >= 0.6 is 24.1 Å². The van der Waals surface area contributed by atoms with Gasteiger partial charge in [0.1, 0.15) is 4.90 Å². The number of rotatable bonds is 10. The summed E-state index contributed by atoms with van der Waals surface area (Å²) in [5, 5.41) is 24.7. The molecule has 0 atom stereocenters. The third kappa shape index (κ3) is 6.62. The highest BCUT2D eigenvalue weighted by molar-refractivity contribution is 7.95. The minimum Gasteiger partial charge on any atom is -0.282 e. The van der Waals surface area contributed by atoms with Crippen molar-refractivity contribution in [3.63, 3.8) is 0 Å². The molecule has 4 aromatic carbocycles. The molecule has 0 amide bonds. The van der Waals surface area contributed by atoms with Crippen molar-refractivity contribution in [3.8, 4) is 33.4 Å². The molecule has 0 aliphatic carbocycles. The van der Waals surface area contributed by atoms with Crippen molar-refractivity contribution in [2.75, 3.05) is 0 Å². The van der Waals surface area contributed by atoms with Crippen LogP contribution in [0.1, 0.15) is 11.1 Å². The summed E-state index contributed by atoms with van der Waals surface area (Å²) >= 11 is 1.58. The van der Waals surface area contributed by atoms with Gasteiger partial charge in [0.15, 0.2) is 0 Å². The van der Waals surface area contributed by atoms with Gasteiger partial charge in [0.2, 0.25) is 0 Å². The van der Waals surface area contributed by atoms with E-state index in [-0.39, 0.29) is 4.90 Å². The second-order valence-corrected chi connectivity index (χ2v) is 11.1. The predicted octanol–water partition coefficient (Wildman–Crippen LogP) is 7.41. The summed E-state index contributed by atoms with van der Waals surface area (Å²) in [7, 11) is -4.54. The molecule has 4 rings (SSSR count). The molecule has 9 nitrogen and oxygen atoms in total. The zero-order chi connectivity index (χ0) is 27.3. The van der Waals surface area contributed by atoms with E-state index in [1.54, 1.807) is 42.5 Å². The molecule has 0 unspecified atom stereocenters. The lowest BCUT2D eigenvalue weighted by Crippen LogP contribution is -2.01. The van der Waals surface area contributed by atoms with Crippen molar-refractivity contribution < 1.29 is 42.2 Å². The Balaban J connectivity index is 1.79. The van der Waals surface area contributed by atoms with Crippen LogP contribution in [0.2, 0.25) is 0 Å². The molecule has 0 saturated carbocycles. The Morgan fingerprint density at radius 2 is 1.16 bits per heavy atom. The molecule has 38 heavy (non-hydrogen) atoms. The van der Waals surface area contributed by atoms with Crippen molar-refractivity contribution in [2.45, 2.75) is 28.5 Å². The number of aryl methyl sites for hydroxylation is 2. The molecular formula is C26H22O9S3. The fraction of sp³-hybridized carbons (Fsp3) is 0.0769. The van der Waals surface area contributed by atoms with Gasteiger partial charge in [-0.05, 0) is 65.4 Å². The summed E-state index contributed by atoms with van der Waals surface area (Å²) in [6, 6.07) is 22.9. The van der Waals surface area contributed by atoms with E-state index in [0.29, 0.717) is 37.6 Å². The molecule has 0 fully saturated rings. The maximum atomic E-state index is 12.3. The molecule has 3 N–H and O–H groups in total. The molecule has 0 aromatic heterocycles. The summed E-state index contributed by atoms with van der Waals surface area (Å²) in [6.07, 6.45) is 0. The van der Waals surface area contributed by atoms with E-state index in [1.807, 2.05) is 44.2 Å². The normalized spacial score (nSPS) is 11.6. The highest BCUT2D eigenvalue weighted by Crippen LogP contribution is 2.39. The molecule has 198 valence electrons. The molecule has 0 radical (unpaired) electrons. The topological polar surface area (TPSA) is 132 Å². The van der Waals surface area contributed by atoms with E-state index < -0.39 is 10.1 Å². The van der Waals surface area contributed by atoms with E-state index in [9.17, 15) is 13.0 Å². The summed E-state index contributed by atoms with van der Waals surface area (Å²) in [4.78, 5) is 0.991. The Labute approximate surface area is 227 Å². The second-order valence-electron chi connectivity index (χ2n) is 8.20. The van der Waals surface area contributed by atoms with Gasteiger partial charge in [-0.3, -0.25) is 4.55 Å². The largest absolute Gasteiger partial charge is 0.295 e. The minimum absolute atomic E-state index is 0.224. The second kappa shape index (κ2) is 12.4. The summed E-state index contributed by atoms with van der Waals surface area (Å²) in [6.45, 7) is 3.79. The quantitative estimate of drug-likeness (QED) is 0.0757. The van der Waals surface area contributed by atoms with Gasteiger partial charge in [-0.2, -0.15) is 8.42 Å². The molecule has 0 heterocycles. The predicted molar refractivity (Wildman–Crippen MR) is 143 cm³/mol. The van der Waals surface area contributed by atoms with Gasteiger partial charge in [-0.25, -0.2) is 10.5 Å². The monoisotopic (exact) mass is 574 g/mol. The molecule has 0 saturated heterocycles. The maximum Gasteiger partial charge on any atom is 0.295 e. The van der Waals surface area contributed by atoms with Crippen LogP contribution in [0.15, 0.2) is 93.5 Å². The van der Waals surface area contributed by atoms with Crippen LogP contribution in [0, 0.1) is 13.8 Å². The molecule has 0 spiro atoms. The van der Waals surface area contributed by atoms with Gasteiger partial charge >= 0.3 is 0 Å². The van der Waals surface area contributed by atoms with E-state index in [0.717, 1.165) is 40.8 Å². The van der Waals surface area contributed by atoms with Crippen LogP contribution < -0.4 is 0 Å². The molecule has 0 aliphatic rings. The van der Waals surface area contributed by atoms with E-state index >= 15 is 0 Å². The van der Waals surface area contributed by atoms with E-state index in [4.69, 9.17) is 14.8 Å². The lowest BCUT2D eigenvalue weighted by atomic mass is 9.97. The average Bonchev–Trinajstić information content (AvgIpc) is 2.91. The minimum atomic E-state index is -4.54. The zero-order valence-electron chi connectivity index (χ0n) is 20.0. The standard InChI is InChI=1S/C26H22O9S3/c1-16-3-6-18(7-4-16)23-12-10-20(15-26(23)38(29,30)31)19-9-11-22(25(13-19)37-35-33-28)21-8-5-17(2)24(14-21)36-34-32-27/h3-15,27-28H,1-2H3,(H,29,30,31). The number of benzene rings is 4. The third-order valence-electron chi connectivity index (χ3n) is 5.74. The number of hydrogen-bond acceptors (Lipinski definition) is 10. The van der Waals surface area contributed by atoms with Gasteiger partial charge in [0, 0.05) is 15.4 Å². The molecular weight excluding hydrogens is 552 g/mol. The Bertz CT molecular complexity index is 1540. The van der Waals surface area contributed by atoms with Crippen molar-refractivity contribution in [3.05, 3.63) is 90.0 Å². The molecule has 0 aliphatic heterocycles. The first-order valence-corrected chi connectivity index (χ1v) is 13.9. The fourth-order valence-corrected chi connectivity index (χ4v) is 5.63. The van der Waals surface area contributed by atoms with Gasteiger partial charge in [0.05, 0.1) is 24.1 Å². The molecule has 12 heteroatoms. The first kappa shape index (κ1) is 28.3. The van der Waals surface area contributed by atoms with Crippen molar-refractivity contribution in [1.29, 1.82) is 0 Å². The number of hydrogen-bond donors (Lipinski definition) is 3. The van der Waals surface area contributed by atoms with Gasteiger partial charge in [-0.15, -0.1) is 8.67 Å². The van der Waals surface area contributed by atoms with Gasteiger partial charge in [0.25, 0.3) is 10.1 Å². The summed E-state index contributed by atoms with van der Waals surface area (Å²) < 4.78 is 43.9. The van der Waals surface area contributed by atoms with Crippen molar-refractivity contribution >= 4 is 34.2 Å². The van der Waals surface area contributed by atoms with E-state index in [2.05, 4.69) is 14.4 Å². The Morgan fingerprint density at radius 1 is 0.632 bits per heavy atom. The van der Waals surface area contributed by atoms with Crippen molar-refractivity contribution in [1.82, 2.24) is 0 Å². The third-order valence-corrected chi connectivity index (χ3v) is 8.03. The van der Waals surface area contributed by atoms with Gasteiger partial charge < -0.3 is 0 Å². The van der Waals surface area contributed by atoms with Crippen LogP contribution in [0.4, 0.5) is 0 Å². The fourth-order valence-electron chi connectivity index (χ4n) is 3.86. The SMILES string of the molecule is Cc1ccc(-c2ccc(-c3ccc(-c4ccc(C)c(SOOO)c4)c(SOOO)c3)cc2S(=O)(=O)O)cc1. The van der Waals surface area contributed by atoms with Crippen LogP contribution in [0.3, 0.4) is 0 Å². The first-order chi connectivity index (χ1) is 18.2. The van der Waals surface area contributed by atoms with Crippen LogP contribution in [-0.2, 0) is 28.9 Å². The Kier molecular flexibility index (Phi) is 9.23. The average molecular weight is 575 g/mol. The van der Waals surface area contributed by atoms with Crippen LogP contribution in [0.25, 0.3) is 33.4 Å². The Hall–Kier alpha value is -2.75. The van der Waals surface area contributed by atoms with Crippen LogP contribution in [0.5, 0.6) is 0 Å². The van der Waals surface area contributed by atoms with Crippen LogP contribution in [-0.4, -0.2) is 23.5 Å². The van der Waals surface area contributed by atoms with Gasteiger partial charge in [-0.1, -0.05) is 76.3 Å². The lowest BCUT2D eigenvalue weighted by molar-refractivity contribution is -0.432. The summed E-state index contributed by atoms with van der Waals surface area (Å²) in [5.74, 6) is 0. The highest BCUT2D eigenvalue weighted by atomic mass is 32.2. The summed E-state index contributed by atoms with van der Waals surface area (Å²) in [5.41, 5.74) is 5.53. The maximum absolute atomic E-state index is 12.3. The first-order valence-electron chi connectivity index (χ1n) is 10.9. The van der Waals surface area contributed by atoms with E-state index in [1.165, 1.54) is 6.07 Å².